The van der Waals surface area contributed by atoms with Crippen LogP contribution in [0.1, 0.15) is 16.1 Å². The number of aromatic amines is 1. The summed E-state index contributed by atoms with van der Waals surface area (Å²) >= 11 is 0. The van der Waals surface area contributed by atoms with Crippen LogP contribution in [0.15, 0.2) is 30.9 Å². The van der Waals surface area contributed by atoms with Crippen LogP contribution in [0.5, 0.6) is 5.75 Å². The Bertz CT molecular complexity index is 713. The van der Waals surface area contributed by atoms with Crippen LogP contribution in [0.3, 0.4) is 0 Å². The average Bonchev–Trinajstić information content (AvgIpc) is 2.96. The van der Waals surface area contributed by atoms with Gasteiger partial charge in [-0.3, -0.25) is 4.79 Å². The van der Waals surface area contributed by atoms with Gasteiger partial charge in [-0.05, 0) is 30.2 Å². The van der Waals surface area contributed by atoms with E-state index in [1.54, 1.807) is 18.2 Å². The smallest absolute Gasteiger partial charge is 0.271 e. The molecule has 2 aromatic rings. The van der Waals surface area contributed by atoms with Gasteiger partial charge in [0.2, 0.25) is 0 Å². The molecule has 0 radical (unpaired) electrons. The minimum absolute atomic E-state index is 0.0943. The van der Waals surface area contributed by atoms with Gasteiger partial charge in [-0.2, -0.15) is 15.4 Å². The third-order valence-corrected chi connectivity index (χ3v) is 2.79. The van der Waals surface area contributed by atoms with Gasteiger partial charge in [0.1, 0.15) is 18.1 Å². The number of hydrogen-bond acceptors (Lipinski definition) is 4. The van der Waals surface area contributed by atoms with Crippen molar-refractivity contribution in [3.63, 3.8) is 0 Å². The molecule has 0 bridgehead atoms. The number of primary amides is 1. The second-order valence-electron chi connectivity index (χ2n) is 4.19. The fourth-order valence-corrected chi connectivity index (χ4v) is 1.91. The zero-order chi connectivity index (χ0) is 15.2. The van der Waals surface area contributed by atoms with E-state index >= 15 is 0 Å². The van der Waals surface area contributed by atoms with Crippen molar-refractivity contribution in [1.29, 1.82) is 0 Å². The number of aromatic nitrogens is 3. The Kier molecular flexibility index (Phi) is 4.36. The van der Waals surface area contributed by atoms with E-state index in [1.165, 1.54) is 0 Å². The number of carbonyl (C=O) groups excluding carboxylic acids is 1. The van der Waals surface area contributed by atoms with Crippen LogP contribution in [0.25, 0.3) is 11.3 Å². The molecule has 1 aromatic carbocycles. The molecule has 6 heteroatoms. The number of ether oxygens (including phenoxy) is 1. The maximum atomic E-state index is 11.3. The molecule has 1 aromatic heterocycles. The molecule has 21 heavy (non-hydrogen) atoms. The van der Waals surface area contributed by atoms with Gasteiger partial charge in [0.15, 0.2) is 5.69 Å². The Morgan fingerprint density at radius 2 is 2.33 bits per heavy atom. The number of rotatable bonds is 6. The topological polar surface area (TPSA) is 93.9 Å². The lowest BCUT2D eigenvalue weighted by atomic mass is 10.0. The molecule has 0 saturated carbocycles. The van der Waals surface area contributed by atoms with Gasteiger partial charge in [0.25, 0.3) is 5.91 Å². The van der Waals surface area contributed by atoms with E-state index in [1.807, 2.05) is 6.07 Å². The van der Waals surface area contributed by atoms with Gasteiger partial charge in [-0.15, -0.1) is 13.0 Å². The predicted molar refractivity (Wildman–Crippen MR) is 78.6 cm³/mol. The first-order valence-electron chi connectivity index (χ1n) is 6.18. The van der Waals surface area contributed by atoms with Crippen molar-refractivity contribution in [3.8, 4) is 29.4 Å². The van der Waals surface area contributed by atoms with Crippen molar-refractivity contribution in [2.45, 2.75) is 6.42 Å². The van der Waals surface area contributed by atoms with E-state index in [0.717, 1.165) is 5.56 Å². The summed E-state index contributed by atoms with van der Waals surface area (Å²) in [5.74, 6) is 2.44. The van der Waals surface area contributed by atoms with Gasteiger partial charge >= 0.3 is 0 Å². The third-order valence-electron chi connectivity index (χ3n) is 2.79. The van der Waals surface area contributed by atoms with Gasteiger partial charge in [-0.25, -0.2) is 0 Å². The third kappa shape index (κ3) is 3.09. The highest BCUT2D eigenvalue weighted by atomic mass is 16.5. The summed E-state index contributed by atoms with van der Waals surface area (Å²) in [6.45, 7) is 3.89. The Hall–Kier alpha value is -3.07. The van der Waals surface area contributed by atoms with E-state index < -0.39 is 5.91 Å². The highest BCUT2D eigenvalue weighted by Crippen LogP contribution is 2.27. The van der Waals surface area contributed by atoms with E-state index in [9.17, 15) is 4.79 Å². The van der Waals surface area contributed by atoms with Crippen LogP contribution in [0, 0.1) is 12.3 Å². The van der Waals surface area contributed by atoms with Crippen molar-refractivity contribution in [2.75, 3.05) is 6.61 Å². The maximum Gasteiger partial charge on any atom is 0.271 e. The lowest BCUT2D eigenvalue weighted by Crippen LogP contribution is -2.12. The minimum atomic E-state index is -0.642. The standard InChI is InChI=1S/C15H14N4O2/c1-3-5-10-9-11(6-7-12(10)21-8-4-2)13-14(15(16)20)18-19-17-13/h2-3,6-7,9H,1,5,8H2,(H2,16,20)(H,17,18,19). The summed E-state index contributed by atoms with van der Waals surface area (Å²) in [6.07, 6.45) is 7.54. The largest absolute Gasteiger partial charge is 0.481 e. The molecule has 0 aliphatic rings. The summed E-state index contributed by atoms with van der Waals surface area (Å²) in [5.41, 5.74) is 7.35. The SMILES string of the molecule is C#CCOc1ccc(-c2n[nH]nc2C(N)=O)cc1CC=C. The normalized spacial score (nSPS) is 9.86. The minimum Gasteiger partial charge on any atom is -0.481 e. The van der Waals surface area contributed by atoms with E-state index in [-0.39, 0.29) is 12.3 Å². The monoisotopic (exact) mass is 282 g/mol. The Morgan fingerprint density at radius 1 is 1.52 bits per heavy atom. The van der Waals surface area contributed by atoms with Crippen molar-refractivity contribution in [2.24, 2.45) is 5.73 Å². The molecule has 3 N–H and O–H groups in total. The number of terminal acetylenes is 1. The molecule has 0 fully saturated rings. The van der Waals surface area contributed by atoms with Crippen LogP contribution in [-0.2, 0) is 6.42 Å². The van der Waals surface area contributed by atoms with Crippen molar-refractivity contribution in [3.05, 3.63) is 42.1 Å². The van der Waals surface area contributed by atoms with Crippen LogP contribution in [0.2, 0.25) is 0 Å². The first kappa shape index (κ1) is 14.3. The number of nitrogens with zero attached hydrogens (tertiary/aromatic N) is 2. The Morgan fingerprint density at radius 3 is 3.00 bits per heavy atom. The number of benzene rings is 1. The quantitative estimate of drug-likeness (QED) is 0.617. The molecule has 0 spiro atoms. The summed E-state index contributed by atoms with van der Waals surface area (Å²) < 4.78 is 5.47. The molecule has 0 aliphatic heterocycles. The van der Waals surface area contributed by atoms with E-state index in [2.05, 4.69) is 27.9 Å². The maximum absolute atomic E-state index is 11.3. The fourth-order valence-electron chi connectivity index (χ4n) is 1.91. The highest BCUT2D eigenvalue weighted by molar-refractivity contribution is 5.96. The Balaban J connectivity index is 2.44. The van der Waals surface area contributed by atoms with Crippen LogP contribution in [-0.4, -0.2) is 27.9 Å². The van der Waals surface area contributed by atoms with Gasteiger partial charge in [-0.1, -0.05) is 12.0 Å². The van der Waals surface area contributed by atoms with Crippen LogP contribution >= 0.6 is 0 Å². The number of nitrogens with one attached hydrogen (secondary N) is 1. The zero-order valence-corrected chi connectivity index (χ0v) is 11.3. The van der Waals surface area contributed by atoms with Crippen molar-refractivity contribution in [1.82, 2.24) is 15.4 Å². The van der Waals surface area contributed by atoms with Crippen molar-refractivity contribution >= 4 is 5.91 Å². The number of amides is 1. The van der Waals surface area contributed by atoms with E-state index in [4.69, 9.17) is 16.9 Å². The predicted octanol–water partition coefficient (Wildman–Crippen LogP) is 1.31. The average molecular weight is 282 g/mol. The first-order chi connectivity index (χ1) is 10.2. The lowest BCUT2D eigenvalue weighted by Gasteiger charge is -2.10. The molecule has 0 unspecified atom stereocenters. The molecule has 1 amide bonds. The summed E-state index contributed by atoms with van der Waals surface area (Å²) in [7, 11) is 0. The molecule has 2 rings (SSSR count). The summed E-state index contributed by atoms with van der Waals surface area (Å²) in [4.78, 5) is 11.3. The molecule has 0 saturated heterocycles. The second kappa shape index (κ2) is 6.39. The lowest BCUT2D eigenvalue weighted by molar-refractivity contribution is 0.0996. The number of nitrogens with two attached hydrogens (primary N) is 1. The highest BCUT2D eigenvalue weighted by Gasteiger charge is 2.16. The van der Waals surface area contributed by atoms with Gasteiger partial charge in [0, 0.05) is 5.56 Å². The van der Waals surface area contributed by atoms with Crippen molar-refractivity contribution < 1.29 is 9.53 Å². The van der Waals surface area contributed by atoms with E-state index in [0.29, 0.717) is 23.4 Å². The van der Waals surface area contributed by atoms with Gasteiger partial charge < -0.3 is 10.5 Å². The molecule has 1 heterocycles. The zero-order valence-electron chi connectivity index (χ0n) is 11.3. The number of H-pyrrole nitrogens is 1. The molecule has 6 nitrogen and oxygen atoms in total. The molecular formula is C15H14N4O2. The molecular weight excluding hydrogens is 268 g/mol. The number of hydrogen-bond donors (Lipinski definition) is 2. The Labute approximate surface area is 122 Å². The number of carbonyl (C=O) groups is 1. The first-order valence-corrected chi connectivity index (χ1v) is 6.18. The van der Waals surface area contributed by atoms with Crippen LogP contribution in [0.4, 0.5) is 0 Å². The molecule has 0 aliphatic carbocycles. The molecule has 106 valence electrons. The number of allylic oxidation sites excluding steroid dienone is 1. The summed E-state index contributed by atoms with van der Waals surface area (Å²) in [5, 5.41) is 10.1. The molecule has 0 atom stereocenters. The summed E-state index contributed by atoms with van der Waals surface area (Å²) in [6, 6.07) is 5.38. The second-order valence-corrected chi connectivity index (χ2v) is 4.19. The van der Waals surface area contributed by atoms with Gasteiger partial charge in [0.05, 0.1) is 0 Å². The van der Waals surface area contributed by atoms with Crippen LogP contribution < -0.4 is 10.5 Å². The fraction of sp³-hybridized carbons (Fsp3) is 0.133.